The van der Waals surface area contributed by atoms with Crippen LogP contribution in [0.3, 0.4) is 0 Å². The second-order valence-corrected chi connectivity index (χ2v) is 4.12. The van der Waals surface area contributed by atoms with E-state index >= 15 is 0 Å². The summed E-state index contributed by atoms with van der Waals surface area (Å²) in [4.78, 5) is 0. The van der Waals surface area contributed by atoms with Crippen LogP contribution in [0, 0.1) is 5.92 Å². The molecule has 0 heterocycles. The van der Waals surface area contributed by atoms with E-state index in [1.54, 1.807) is 0 Å². The summed E-state index contributed by atoms with van der Waals surface area (Å²) in [6.45, 7) is 0. The van der Waals surface area contributed by atoms with E-state index in [9.17, 15) is 18.3 Å². The lowest BCUT2D eigenvalue weighted by atomic mass is 10.0. The molecule has 0 aliphatic heterocycles. The topological polar surface area (TPSA) is 46.2 Å². The number of halogens is 3. The van der Waals surface area contributed by atoms with Gasteiger partial charge in [0, 0.05) is 11.3 Å². The first-order chi connectivity index (χ1) is 7.39. The van der Waals surface area contributed by atoms with Crippen LogP contribution >= 0.6 is 0 Å². The fourth-order valence-electron chi connectivity index (χ4n) is 1.69. The fourth-order valence-corrected chi connectivity index (χ4v) is 1.69. The quantitative estimate of drug-likeness (QED) is 0.769. The summed E-state index contributed by atoms with van der Waals surface area (Å²) in [5.74, 6) is 0.152. The molecule has 0 bridgehead atoms. The smallest absolute Gasteiger partial charge is 0.398 e. The van der Waals surface area contributed by atoms with Crippen molar-refractivity contribution in [1.29, 1.82) is 0 Å². The van der Waals surface area contributed by atoms with Crippen molar-refractivity contribution < 1.29 is 18.3 Å². The first-order valence-electron chi connectivity index (χ1n) is 5.04. The minimum atomic E-state index is -4.39. The molecule has 1 aliphatic rings. The molecule has 1 fully saturated rings. The zero-order valence-corrected chi connectivity index (χ0v) is 8.46. The van der Waals surface area contributed by atoms with E-state index in [4.69, 9.17) is 5.73 Å². The van der Waals surface area contributed by atoms with Gasteiger partial charge in [0.25, 0.3) is 0 Å². The Kier molecular flexibility index (Phi) is 2.58. The molecule has 0 aromatic heterocycles. The number of nitrogen functional groups attached to an aromatic ring is 1. The van der Waals surface area contributed by atoms with Gasteiger partial charge in [-0.15, -0.1) is 0 Å². The van der Waals surface area contributed by atoms with Crippen LogP contribution in [0.4, 0.5) is 18.9 Å². The number of alkyl halides is 3. The summed E-state index contributed by atoms with van der Waals surface area (Å²) in [5.41, 5.74) is 5.15. The van der Waals surface area contributed by atoms with E-state index in [0.717, 1.165) is 25.0 Å². The summed E-state index contributed by atoms with van der Waals surface area (Å²) in [6, 6.07) is 3.10. The lowest BCUT2D eigenvalue weighted by molar-refractivity contribution is -0.137. The zero-order valence-electron chi connectivity index (χ0n) is 8.46. The maximum Gasteiger partial charge on any atom is 0.416 e. The van der Waals surface area contributed by atoms with Gasteiger partial charge in [-0.1, -0.05) is 6.07 Å². The Balaban J connectivity index is 2.29. The van der Waals surface area contributed by atoms with Crippen molar-refractivity contribution in [3.8, 4) is 0 Å². The second kappa shape index (κ2) is 3.66. The van der Waals surface area contributed by atoms with Crippen molar-refractivity contribution >= 4 is 5.69 Å². The molecule has 2 rings (SSSR count). The number of aliphatic hydroxyl groups excluding tert-OH is 1. The number of hydrogen-bond donors (Lipinski definition) is 2. The predicted octanol–water partition coefficient (Wildman–Crippen LogP) is 2.73. The Morgan fingerprint density at radius 1 is 1.31 bits per heavy atom. The highest BCUT2D eigenvalue weighted by Gasteiger charge is 2.34. The maximum absolute atomic E-state index is 12.4. The van der Waals surface area contributed by atoms with E-state index in [1.807, 2.05) is 0 Å². The first-order valence-corrected chi connectivity index (χ1v) is 5.04. The third kappa shape index (κ3) is 2.14. The molecule has 2 nitrogen and oxygen atoms in total. The van der Waals surface area contributed by atoms with Crippen molar-refractivity contribution in [3.05, 3.63) is 29.3 Å². The highest BCUT2D eigenvalue weighted by molar-refractivity contribution is 5.51. The van der Waals surface area contributed by atoms with Gasteiger partial charge in [-0.3, -0.25) is 0 Å². The Labute approximate surface area is 90.9 Å². The molecule has 0 radical (unpaired) electrons. The second-order valence-electron chi connectivity index (χ2n) is 4.12. The SMILES string of the molecule is Nc1cc(C(F)(F)F)ccc1C(O)C1CC1. The van der Waals surface area contributed by atoms with Crippen LogP contribution in [0.2, 0.25) is 0 Å². The molecule has 1 atom stereocenters. The van der Waals surface area contributed by atoms with Gasteiger partial charge in [-0.2, -0.15) is 13.2 Å². The Bertz CT molecular complexity index is 399. The molecule has 0 spiro atoms. The summed E-state index contributed by atoms with van der Waals surface area (Å²) in [5, 5.41) is 9.77. The van der Waals surface area contributed by atoms with E-state index < -0.39 is 17.8 Å². The normalized spacial score (nSPS) is 18.5. The van der Waals surface area contributed by atoms with Crippen LogP contribution in [0.25, 0.3) is 0 Å². The van der Waals surface area contributed by atoms with Gasteiger partial charge in [-0.25, -0.2) is 0 Å². The zero-order chi connectivity index (χ0) is 11.9. The highest BCUT2D eigenvalue weighted by atomic mass is 19.4. The van der Waals surface area contributed by atoms with E-state index in [1.165, 1.54) is 6.07 Å². The highest BCUT2D eigenvalue weighted by Crippen LogP contribution is 2.43. The molecule has 1 unspecified atom stereocenters. The molecule has 1 aromatic rings. The van der Waals surface area contributed by atoms with Gasteiger partial charge in [0.05, 0.1) is 11.7 Å². The lowest BCUT2D eigenvalue weighted by Gasteiger charge is -2.14. The average Bonchev–Trinajstić information content (AvgIpc) is 2.98. The lowest BCUT2D eigenvalue weighted by Crippen LogP contribution is -2.09. The summed E-state index contributed by atoms with van der Waals surface area (Å²) in [7, 11) is 0. The van der Waals surface area contributed by atoms with Crippen molar-refractivity contribution in [2.45, 2.75) is 25.1 Å². The van der Waals surface area contributed by atoms with Crippen LogP contribution in [0.1, 0.15) is 30.1 Å². The molecule has 0 saturated heterocycles. The van der Waals surface area contributed by atoms with Crippen molar-refractivity contribution in [2.24, 2.45) is 5.92 Å². The van der Waals surface area contributed by atoms with Gasteiger partial charge in [0.1, 0.15) is 0 Å². The molecule has 1 aromatic carbocycles. The van der Waals surface area contributed by atoms with Crippen molar-refractivity contribution in [3.63, 3.8) is 0 Å². The fraction of sp³-hybridized carbons (Fsp3) is 0.455. The molecule has 0 amide bonds. The van der Waals surface area contributed by atoms with Crippen LogP contribution in [0.5, 0.6) is 0 Å². The standard InChI is InChI=1S/C11H12F3NO/c12-11(13,14)7-3-4-8(9(15)5-7)10(16)6-1-2-6/h3-6,10,16H,1-2,15H2. The van der Waals surface area contributed by atoms with Gasteiger partial charge >= 0.3 is 6.18 Å². The summed E-state index contributed by atoms with van der Waals surface area (Å²) >= 11 is 0. The molecular weight excluding hydrogens is 219 g/mol. The monoisotopic (exact) mass is 231 g/mol. The molecule has 16 heavy (non-hydrogen) atoms. The minimum Gasteiger partial charge on any atom is -0.398 e. The molecule has 5 heteroatoms. The van der Waals surface area contributed by atoms with Crippen LogP contribution in [-0.4, -0.2) is 5.11 Å². The third-order valence-corrected chi connectivity index (χ3v) is 2.80. The number of benzene rings is 1. The minimum absolute atomic E-state index is 0.00854. The number of hydrogen-bond acceptors (Lipinski definition) is 2. The van der Waals surface area contributed by atoms with E-state index in [0.29, 0.717) is 5.56 Å². The van der Waals surface area contributed by atoms with Gasteiger partial charge < -0.3 is 10.8 Å². The molecular formula is C11H12F3NO. The van der Waals surface area contributed by atoms with Gasteiger partial charge in [-0.05, 0) is 30.9 Å². The number of aliphatic hydroxyl groups is 1. The first kappa shape index (κ1) is 11.3. The van der Waals surface area contributed by atoms with Crippen molar-refractivity contribution in [2.75, 3.05) is 5.73 Å². The Morgan fingerprint density at radius 3 is 2.38 bits per heavy atom. The molecule has 88 valence electrons. The Hall–Kier alpha value is -1.23. The van der Waals surface area contributed by atoms with E-state index in [2.05, 4.69) is 0 Å². The number of rotatable bonds is 2. The van der Waals surface area contributed by atoms with Crippen LogP contribution in [0.15, 0.2) is 18.2 Å². The maximum atomic E-state index is 12.4. The largest absolute Gasteiger partial charge is 0.416 e. The van der Waals surface area contributed by atoms with Gasteiger partial charge in [0.2, 0.25) is 0 Å². The van der Waals surface area contributed by atoms with E-state index in [-0.39, 0.29) is 11.6 Å². The summed E-state index contributed by atoms with van der Waals surface area (Å²) in [6.07, 6.45) is -3.32. The van der Waals surface area contributed by atoms with Crippen LogP contribution < -0.4 is 5.73 Å². The predicted molar refractivity (Wildman–Crippen MR) is 53.5 cm³/mol. The van der Waals surface area contributed by atoms with Crippen LogP contribution in [-0.2, 0) is 6.18 Å². The summed E-state index contributed by atoms with van der Waals surface area (Å²) < 4.78 is 37.1. The van der Waals surface area contributed by atoms with Crippen molar-refractivity contribution in [1.82, 2.24) is 0 Å². The number of nitrogens with two attached hydrogens (primary N) is 1. The number of anilines is 1. The third-order valence-electron chi connectivity index (χ3n) is 2.80. The average molecular weight is 231 g/mol. The van der Waals surface area contributed by atoms with Gasteiger partial charge in [0.15, 0.2) is 0 Å². The molecule has 1 aliphatic carbocycles. The Morgan fingerprint density at radius 2 is 1.94 bits per heavy atom. The molecule has 1 saturated carbocycles. The molecule has 3 N–H and O–H groups in total.